The van der Waals surface area contributed by atoms with Gasteiger partial charge in [0, 0.05) is 0 Å². The summed E-state index contributed by atoms with van der Waals surface area (Å²) in [4.78, 5) is 0. The van der Waals surface area contributed by atoms with Gasteiger partial charge in [0.25, 0.3) is 0 Å². The van der Waals surface area contributed by atoms with E-state index in [1.165, 1.54) is 63.2 Å². The van der Waals surface area contributed by atoms with Gasteiger partial charge in [-0.1, -0.05) is 0 Å². The third-order valence-corrected chi connectivity index (χ3v) is 18.4. The Hall–Kier alpha value is -2.52. The van der Waals surface area contributed by atoms with Crippen molar-refractivity contribution in [1.82, 2.24) is 0 Å². The van der Waals surface area contributed by atoms with Crippen LogP contribution in [0.5, 0.6) is 0 Å². The number of fused-ring (bicyclic) bond motifs is 3. The number of hydrogen-bond donors (Lipinski definition) is 0. The third-order valence-electron chi connectivity index (χ3n) is 10.6. The first-order valence-corrected chi connectivity index (χ1v) is 22.4. The fraction of sp³-hybridized carbons (Fsp3) is 0.396. The number of rotatable bonds is 4. The van der Waals surface area contributed by atoms with Gasteiger partial charge in [-0.15, -0.1) is 0 Å². The summed E-state index contributed by atoms with van der Waals surface area (Å²) in [6.07, 6.45) is 3.92. The number of alkyl halides is 3. The van der Waals surface area contributed by atoms with Crippen LogP contribution in [-0.4, -0.2) is 3.21 Å². The number of benzene rings is 4. The molecule has 4 aromatic carbocycles. The second kappa shape index (κ2) is 15.4. The van der Waals surface area contributed by atoms with E-state index in [0.717, 1.165) is 21.6 Å². The van der Waals surface area contributed by atoms with E-state index in [9.17, 15) is 13.2 Å². The van der Waals surface area contributed by atoms with Crippen LogP contribution in [0.1, 0.15) is 140 Å². The van der Waals surface area contributed by atoms with E-state index in [4.69, 9.17) is 0 Å². The fourth-order valence-electron chi connectivity index (χ4n) is 8.26. The van der Waals surface area contributed by atoms with Crippen molar-refractivity contribution in [3.05, 3.63) is 144 Å². The van der Waals surface area contributed by atoms with Crippen molar-refractivity contribution < 1.29 is 59.3 Å². The van der Waals surface area contributed by atoms with Gasteiger partial charge in [0.2, 0.25) is 0 Å². The minimum atomic E-state index is -4.43. The smallest absolute Gasteiger partial charge is 1.00 e. The average molecular weight is 851 g/mol. The van der Waals surface area contributed by atoms with E-state index < -0.39 is 33.0 Å². The summed E-state index contributed by atoms with van der Waals surface area (Å²) in [6.45, 7) is 27.8. The van der Waals surface area contributed by atoms with Crippen molar-refractivity contribution in [3.63, 3.8) is 0 Å². The summed E-state index contributed by atoms with van der Waals surface area (Å²) in [7, 11) is 0. The number of halogens is 5. The SMILES string of the molecule is CC(C)(C)c1cc2c(cc1C(C)(C)C)-c1cc(C(C)(C)C)c(C(C)(C)C)[c](/[Zr+2]([C]3=CC=CC3)=[C](/c3ccccc3)c3cccc(C(F)(F)F)c3)c1C2.[Cl-].[Cl-]. The van der Waals surface area contributed by atoms with Crippen molar-refractivity contribution in [2.75, 3.05) is 0 Å². The molecule has 0 aromatic heterocycles. The van der Waals surface area contributed by atoms with Crippen LogP contribution in [-0.2, 0) is 55.5 Å². The van der Waals surface area contributed by atoms with Crippen LogP contribution >= 0.6 is 0 Å². The minimum Gasteiger partial charge on any atom is -1.00 e. The molecule has 286 valence electrons. The van der Waals surface area contributed by atoms with Gasteiger partial charge in [-0.2, -0.15) is 0 Å². The third kappa shape index (κ3) is 8.57. The first-order chi connectivity index (χ1) is 24.0. The quantitative estimate of drug-likeness (QED) is 0.186. The van der Waals surface area contributed by atoms with Crippen molar-refractivity contribution in [1.29, 1.82) is 0 Å². The fourth-order valence-corrected chi connectivity index (χ4v) is 17.3. The molecule has 0 aliphatic heterocycles. The van der Waals surface area contributed by atoms with Crippen molar-refractivity contribution in [2.45, 2.75) is 124 Å². The molecule has 0 fully saturated rings. The van der Waals surface area contributed by atoms with Gasteiger partial charge in [0.15, 0.2) is 0 Å². The molecule has 2 aliphatic carbocycles. The van der Waals surface area contributed by atoms with Crippen molar-refractivity contribution in [3.8, 4) is 11.1 Å². The van der Waals surface area contributed by atoms with Gasteiger partial charge < -0.3 is 24.8 Å². The molecule has 4 aromatic rings. The van der Waals surface area contributed by atoms with Gasteiger partial charge in [-0.25, -0.2) is 0 Å². The molecule has 6 heteroatoms. The molecule has 0 radical (unpaired) electrons. The monoisotopic (exact) mass is 848 g/mol. The Labute approximate surface area is 342 Å². The second-order valence-corrected chi connectivity index (χ2v) is 24.8. The van der Waals surface area contributed by atoms with Crippen LogP contribution in [0, 0.1) is 0 Å². The van der Waals surface area contributed by atoms with E-state index in [1.807, 2.05) is 24.3 Å². The van der Waals surface area contributed by atoms with E-state index >= 15 is 0 Å². The zero-order valence-electron chi connectivity index (χ0n) is 34.0. The van der Waals surface area contributed by atoms with E-state index in [0.29, 0.717) is 5.56 Å². The van der Waals surface area contributed by atoms with Crippen LogP contribution in [0.2, 0.25) is 0 Å². The summed E-state index contributed by atoms with van der Waals surface area (Å²) in [5, 5.41) is 0. The summed E-state index contributed by atoms with van der Waals surface area (Å²) in [5.74, 6) is 0. The molecule has 0 N–H and O–H groups in total. The Morgan fingerprint density at radius 1 is 0.593 bits per heavy atom. The van der Waals surface area contributed by atoms with Crippen LogP contribution < -0.4 is 28.1 Å². The van der Waals surface area contributed by atoms with Crippen LogP contribution in [0.4, 0.5) is 13.2 Å². The normalized spacial score (nSPS) is 14.5. The largest absolute Gasteiger partial charge is 1.00 e. The van der Waals surface area contributed by atoms with Gasteiger partial charge in [0.05, 0.1) is 0 Å². The van der Waals surface area contributed by atoms with E-state index in [-0.39, 0.29) is 46.5 Å². The predicted molar refractivity (Wildman–Crippen MR) is 212 cm³/mol. The maximum atomic E-state index is 14.4. The molecule has 0 amide bonds. The molecule has 6 rings (SSSR count). The van der Waals surface area contributed by atoms with E-state index in [2.05, 4.69) is 132 Å². The van der Waals surface area contributed by atoms with E-state index in [1.54, 1.807) is 6.07 Å². The molecule has 0 atom stereocenters. The molecular formula is C48H55Cl2F3Zr. The number of allylic oxidation sites excluding steroid dienone is 4. The summed E-state index contributed by atoms with van der Waals surface area (Å²) in [5.41, 5.74) is 11.6. The first kappa shape index (κ1) is 44.2. The predicted octanol–water partition coefficient (Wildman–Crippen LogP) is 6.83. The van der Waals surface area contributed by atoms with Crippen LogP contribution in [0.15, 0.2) is 94.3 Å². The molecule has 0 bridgehead atoms. The molecule has 0 saturated heterocycles. The molecule has 0 heterocycles. The Bertz CT molecular complexity index is 2140. The van der Waals surface area contributed by atoms with Gasteiger partial charge >= 0.3 is 320 Å². The summed E-state index contributed by atoms with van der Waals surface area (Å²) in [6, 6.07) is 23.9. The maximum Gasteiger partial charge on any atom is -1.00 e. The maximum absolute atomic E-state index is 14.4. The molecule has 2 aliphatic rings. The Kier molecular flexibility index (Phi) is 12.6. The van der Waals surface area contributed by atoms with Gasteiger partial charge in [-0.05, 0) is 0 Å². The molecule has 0 nitrogen and oxygen atoms in total. The number of hydrogen-bond acceptors (Lipinski definition) is 0. The zero-order valence-corrected chi connectivity index (χ0v) is 37.9. The Balaban J connectivity index is 0.00000325. The van der Waals surface area contributed by atoms with Crippen molar-refractivity contribution in [2.24, 2.45) is 0 Å². The zero-order chi connectivity index (χ0) is 38.2. The second-order valence-electron chi connectivity index (χ2n) is 19.0. The Morgan fingerprint density at radius 2 is 1.15 bits per heavy atom. The van der Waals surface area contributed by atoms with Gasteiger partial charge in [0.1, 0.15) is 0 Å². The van der Waals surface area contributed by atoms with Gasteiger partial charge in [-0.3, -0.25) is 0 Å². The molecule has 0 saturated carbocycles. The molecule has 0 unspecified atom stereocenters. The average Bonchev–Trinajstić information content (AvgIpc) is 3.69. The summed E-state index contributed by atoms with van der Waals surface area (Å²) < 4.78 is 47.2. The summed E-state index contributed by atoms with van der Waals surface area (Å²) >= 11 is -3.35. The van der Waals surface area contributed by atoms with Crippen LogP contribution in [0.25, 0.3) is 11.1 Å². The topological polar surface area (TPSA) is 0 Å². The Morgan fingerprint density at radius 3 is 1.67 bits per heavy atom. The molecule has 0 spiro atoms. The first-order valence-electron chi connectivity index (χ1n) is 18.7. The molecule has 54 heavy (non-hydrogen) atoms. The standard InChI is InChI=1S/C29H41.C14H9F3.C5H5.2ClH.Zr/c1-26(2,3)22-14-18-13-19-15-23(27(4,5)6)25(29(10,11)12)17-21(19)20(18)16-24(22)28(7,8)9;15-14(16,17)13-8-4-7-12(10-13)9-11-5-2-1-3-6-11;1-2-4-5-3-1;;;/h14,16-17H,13H2,1-12H3;1-8,10H;1-3H,4H2;2*1H;/q;;;;;+2/p-2. The van der Waals surface area contributed by atoms with Crippen LogP contribution in [0.3, 0.4) is 0 Å². The molecular weight excluding hydrogens is 796 g/mol. The minimum absolute atomic E-state index is 0. The van der Waals surface area contributed by atoms with Crippen molar-refractivity contribution >= 4 is 6.48 Å².